The molecule has 1 fully saturated rings. The molecular weight excluding hydrogens is 455 g/mol. The van der Waals surface area contributed by atoms with Crippen LogP contribution in [-0.4, -0.2) is 45.7 Å². The second kappa shape index (κ2) is 12.2. The first kappa shape index (κ1) is 23.7. The summed E-state index contributed by atoms with van der Waals surface area (Å²) in [5.74, 6) is 0.574. The number of aryl methyl sites for hydroxylation is 1. The van der Waals surface area contributed by atoms with Crippen molar-refractivity contribution in [2.24, 2.45) is 10.4 Å². The molecule has 0 unspecified atom stereocenters. The molecule has 1 aliphatic rings. The van der Waals surface area contributed by atoms with Gasteiger partial charge < -0.3 is 20.7 Å². The number of hydrogen-bond acceptors (Lipinski definition) is 3. The Morgan fingerprint density at radius 1 is 1.30 bits per heavy atom. The van der Waals surface area contributed by atoms with E-state index in [0.717, 1.165) is 31.7 Å². The van der Waals surface area contributed by atoms with E-state index in [4.69, 9.17) is 4.74 Å². The van der Waals surface area contributed by atoms with Crippen molar-refractivity contribution in [2.75, 3.05) is 39.2 Å². The fourth-order valence-electron chi connectivity index (χ4n) is 3.24. The van der Waals surface area contributed by atoms with Gasteiger partial charge in [0.25, 0.3) is 0 Å². The van der Waals surface area contributed by atoms with Gasteiger partial charge in [0.05, 0.1) is 6.54 Å². The maximum absolute atomic E-state index is 12.2. The highest BCUT2D eigenvalue weighted by Gasteiger charge is 2.36. The SMILES string of the molecule is CCc1cccc(NC(=O)CNC(=NC)NCC2(CCOC)CCC2)c1.I. The van der Waals surface area contributed by atoms with Crippen LogP contribution in [0.3, 0.4) is 0 Å². The van der Waals surface area contributed by atoms with Crippen LogP contribution in [0.2, 0.25) is 0 Å². The molecule has 152 valence electrons. The van der Waals surface area contributed by atoms with Gasteiger partial charge in [-0.25, -0.2) is 0 Å². The van der Waals surface area contributed by atoms with Crippen LogP contribution in [0.25, 0.3) is 0 Å². The highest BCUT2D eigenvalue weighted by atomic mass is 127. The fraction of sp³-hybridized carbons (Fsp3) is 0.600. The number of methoxy groups -OCH3 is 1. The molecule has 0 saturated heterocycles. The van der Waals surface area contributed by atoms with E-state index in [0.29, 0.717) is 11.4 Å². The second-order valence-corrected chi connectivity index (χ2v) is 6.98. The average molecular weight is 488 g/mol. The Balaban J connectivity index is 0.00000364. The number of nitrogens with zero attached hydrogens (tertiary/aromatic N) is 1. The third kappa shape index (κ3) is 7.65. The van der Waals surface area contributed by atoms with Gasteiger partial charge in [-0.1, -0.05) is 25.5 Å². The Bertz CT molecular complexity index is 618. The van der Waals surface area contributed by atoms with Crippen molar-refractivity contribution in [1.29, 1.82) is 0 Å². The average Bonchev–Trinajstić information content (AvgIpc) is 2.63. The normalized spacial score (nSPS) is 15.3. The van der Waals surface area contributed by atoms with Crippen molar-refractivity contribution in [3.05, 3.63) is 29.8 Å². The van der Waals surface area contributed by atoms with Crippen LogP contribution in [0.5, 0.6) is 0 Å². The van der Waals surface area contributed by atoms with Gasteiger partial charge in [-0.2, -0.15) is 0 Å². The minimum absolute atomic E-state index is 0. The predicted octanol–water partition coefficient (Wildman–Crippen LogP) is 3.18. The summed E-state index contributed by atoms with van der Waals surface area (Å²) in [6, 6.07) is 7.92. The lowest BCUT2D eigenvalue weighted by molar-refractivity contribution is -0.115. The molecule has 0 aromatic heterocycles. The number of nitrogens with one attached hydrogen (secondary N) is 3. The summed E-state index contributed by atoms with van der Waals surface area (Å²) >= 11 is 0. The van der Waals surface area contributed by atoms with Crippen LogP contribution >= 0.6 is 24.0 Å². The van der Waals surface area contributed by atoms with E-state index in [1.807, 2.05) is 18.2 Å². The van der Waals surface area contributed by atoms with Gasteiger partial charge in [-0.05, 0) is 48.8 Å². The molecule has 0 bridgehead atoms. The molecule has 1 amide bonds. The molecule has 0 radical (unpaired) electrons. The molecular formula is C20H33IN4O2. The van der Waals surface area contributed by atoms with Gasteiger partial charge in [-0.15, -0.1) is 24.0 Å². The summed E-state index contributed by atoms with van der Waals surface area (Å²) in [6.07, 6.45) is 5.71. The highest BCUT2D eigenvalue weighted by molar-refractivity contribution is 14.0. The number of carbonyl (C=O) groups is 1. The van der Waals surface area contributed by atoms with Crippen LogP contribution in [0.4, 0.5) is 5.69 Å². The standard InChI is InChI=1S/C20H32N4O2.HI/c1-4-16-7-5-8-17(13-16)24-18(25)14-22-19(21-2)23-15-20(9-6-10-20)11-12-26-3;/h5,7-8,13H,4,6,9-12,14-15H2,1-3H3,(H,24,25)(H2,21,22,23);1H. The molecule has 1 aromatic carbocycles. The summed E-state index contributed by atoms with van der Waals surface area (Å²) in [7, 11) is 3.47. The predicted molar refractivity (Wildman–Crippen MR) is 122 cm³/mol. The fourth-order valence-corrected chi connectivity index (χ4v) is 3.24. The van der Waals surface area contributed by atoms with E-state index < -0.39 is 0 Å². The first-order valence-electron chi connectivity index (χ1n) is 9.43. The van der Waals surface area contributed by atoms with Crippen LogP contribution in [0.15, 0.2) is 29.3 Å². The summed E-state index contributed by atoms with van der Waals surface area (Å²) in [6.45, 7) is 3.92. The van der Waals surface area contributed by atoms with Crippen molar-refractivity contribution in [2.45, 2.75) is 39.0 Å². The Hall–Kier alpha value is -1.35. The number of benzene rings is 1. The Morgan fingerprint density at radius 2 is 2.07 bits per heavy atom. The molecule has 0 aliphatic heterocycles. The van der Waals surface area contributed by atoms with E-state index in [-0.39, 0.29) is 36.4 Å². The number of anilines is 1. The maximum Gasteiger partial charge on any atom is 0.243 e. The molecule has 1 saturated carbocycles. The number of ether oxygens (including phenoxy) is 1. The molecule has 0 atom stereocenters. The molecule has 0 heterocycles. The third-order valence-electron chi connectivity index (χ3n) is 5.14. The Morgan fingerprint density at radius 3 is 2.67 bits per heavy atom. The zero-order valence-electron chi connectivity index (χ0n) is 16.6. The van der Waals surface area contributed by atoms with Crippen molar-refractivity contribution in [3.63, 3.8) is 0 Å². The molecule has 1 aromatic rings. The molecule has 7 heteroatoms. The minimum Gasteiger partial charge on any atom is -0.385 e. The second-order valence-electron chi connectivity index (χ2n) is 6.98. The zero-order chi connectivity index (χ0) is 18.8. The van der Waals surface area contributed by atoms with Gasteiger partial charge in [0.1, 0.15) is 0 Å². The minimum atomic E-state index is -0.0843. The van der Waals surface area contributed by atoms with Crippen molar-refractivity contribution < 1.29 is 9.53 Å². The molecule has 27 heavy (non-hydrogen) atoms. The highest BCUT2D eigenvalue weighted by Crippen LogP contribution is 2.43. The quantitative estimate of drug-likeness (QED) is 0.284. The first-order chi connectivity index (χ1) is 12.6. The largest absolute Gasteiger partial charge is 0.385 e. The number of halogens is 1. The molecule has 0 spiro atoms. The van der Waals surface area contributed by atoms with E-state index >= 15 is 0 Å². The van der Waals surface area contributed by atoms with Gasteiger partial charge in [-0.3, -0.25) is 9.79 Å². The van der Waals surface area contributed by atoms with Gasteiger partial charge in [0.2, 0.25) is 5.91 Å². The Kier molecular flexibility index (Phi) is 10.7. The molecule has 3 N–H and O–H groups in total. The number of aliphatic imine (C=N–C) groups is 1. The first-order valence-corrected chi connectivity index (χ1v) is 9.43. The molecule has 1 aliphatic carbocycles. The molecule has 2 rings (SSSR count). The smallest absolute Gasteiger partial charge is 0.243 e. The van der Waals surface area contributed by atoms with Crippen LogP contribution in [-0.2, 0) is 16.0 Å². The van der Waals surface area contributed by atoms with Crippen LogP contribution in [0.1, 0.15) is 38.2 Å². The molecule has 6 nitrogen and oxygen atoms in total. The number of guanidine groups is 1. The lowest BCUT2D eigenvalue weighted by Crippen LogP contribution is -2.48. The summed E-state index contributed by atoms with van der Waals surface area (Å²) in [4.78, 5) is 16.4. The summed E-state index contributed by atoms with van der Waals surface area (Å²) in [5.41, 5.74) is 2.33. The maximum atomic E-state index is 12.2. The monoisotopic (exact) mass is 488 g/mol. The van der Waals surface area contributed by atoms with Gasteiger partial charge in [0.15, 0.2) is 5.96 Å². The van der Waals surface area contributed by atoms with Crippen molar-refractivity contribution in [1.82, 2.24) is 10.6 Å². The number of amides is 1. The van der Waals surface area contributed by atoms with E-state index in [9.17, 15) is 4.79 Å². The van der Waals surface area contributed by atoms with Crippen molar-refractivity contribution >= 4 is 41.5 Å². The lowest BCUT2D eigenvalue weighted by atomic mass is 9.67. The summed E-state index contributed by atoms with van der Waals surface area (Å²) < 4.78 is 5.23. The zero-order valence-corrected chi connectivity index (χ0v) is 19.0. The Labute approximate surface area is 179 Å². The topological polar surface area (TPSA) is 74.8 Å². The number of hydrogen-bond donors (Lipinski definition) is 3. The third-order valence-corrected chi connectivity index (χ3v) is 5.14. The van der Waals surface area contributed by atoms with Crippen LogP contribution < -0.4 is 16.0 Å². The van der Waals surface area contributed by atoms with Gasteiger partial charge in [0, 0.05) is 33.0 Å². The van der Waals surface area contributed by atoms with Gasteiger partial charge >= 0.3 is 0 Å². The van der Waals surface area contributed by atoms with E-state index in [1.54, 1.807) is 14.2 Å². The number of carbonyl (C=O) groups excluding carboxylic acids is 1. The summed E-state index contributed by atoms with van der Waals surface area (Å²) in [5, 5.41) is 9.37. The number of rotatable bonds is 9. The van der Waals surface area contributed by atoms with E-state index in [1.165, 1.54) is 24.8 Å². The lowest BCUT2D eigenvalue weighted by Gasteiger charge is -2.42. The van der Waals surface area contributed by atoms with Crippen LogP contribution in [0, 0.1) is 5.41 Å². The van der Waals surface area contributed by atoms with E-state index in [2.05, 4.69) is 33.9 Å². The van der Waals surface area contributed by atoms with Crippen molar-refractivity contribution in [3.8, 4) is 0 Å².